The zero-order valence-electron chi connectivity index (χ0n) is 22.3. The first-order valence-electron chi connectivity index (χ1n) is 12.0. The lowest BCUT2D eigenvalue weighted by Crippen LogP contribution is -2.66. The Bertz CT molecular complexity index is 936. The van der Waals surface area contributed by atoms with Crippen molar-refractivity contribution in [1.82, 2.24) is 0 Å². The monoisotopic (exact) mass is 580 g/mol. The lowest BCUT2D eigenvalue weighted by atomic mass is 9.96. The molecule has 1 unspecified atom stereocenters. The highest BCUT2D eigenvalue weighted by Crippen LogP contribution is 2.34. The number of aliphatic hydroxyl groups excluding tert-OH is 2. The number of hydrogen-bond donors (Lipinski definition) is 2. The second-order valence-corrected chi connectivity index (χ2v) is 8.69. The molecule has 2 heterocycles. The number of hydrogen-bond acceptors (Lipinski definition) is 17. The van der Waals surface area contributed by atoms with Gasteiger partial charge < -0.3 is 52.8 Å². The Labute approximate surface area is 227 Å². The van der Waals surface area contributed by atoms with Crippen molar-refractivity contribution in [3.63, 3.8) is 0 Å². The minimum atomic E-state index is -1.79. The van der Waals surface area contributed by atoms with Crippen LogP contribution < -0.4 is 0 Å². The number of aliphatic hydroxyl groups is 2. The van der Waals surface area contributed by atoms with Crippen LogP contribution in [0.1, 0.15) is 34.6 Å². The van der Waals surface area contributed by atoms with E-state index in [9.17, 15) is 39.0 Å². The number of rotatable bonds is 11. The van der Waals surface area contributed by atoms with Gasteiger partial charge in [0.15, 0.2) is 36.8 Å². The largest absolute Gasteiger partial charge is 0.463 e. The van der Waals surface area contributed by atoms with Gasteiger partial charge in [0.25, 0.3) is 6.47 Å². The average Bonchev–Trinajstić information content (AvgIpc) is 2.84. The fraction of sp³-hybridized carbons (Fsp3) is 0.739. The molecule has 0 radical (unpaired) electrons. The molecule has 0 amide bonds. The van der Waals surface area contributed by atoms with E-state index in [1.54, 1.807) is 0 Å². The van der Waals surface area contributed by atoms with E-state index in [4.69, 9.17) is 42.6 Å². The van der Waals surface area contributed by atoms with Gasteiger partial charge in [0.1, 0.15) is 24.9 Å². The van der Waals surface area contributed by atoms with Gasteiger partial charge in [-0.15, -0.1) is 0 Å². The van der Waals surface area contributed by atoms with Gasteiger partial charge >= 0.3 is 29.8 Å². The summed E-state index contributed by atoms with van der Waals surface area (Å²) in [6.45, 7) is 3.81. The van der Waals surface area contributed by atoms with Crippen molar-refractivity contribution < 1.29 is 81.6 Å². The molecule has 0 aromatic rings. The van der Waals surface area contributed by atoms with Crippen LogP contribution in [0.5, 0.6) is 0 Å². The Balaban J connectivity index is 2.58. The molecule has 40 heavy (non-hydrogen) atoms. The topological polar surface area (TPSA) is 226 Å². The first-order valence-corrected chi connectivity index (χ1v) is 12.0. The summed E-state index contributed by atoms with van der Waals surface area (Å²) in [6, 6.07) is 0. The molecule has 2 rings (SSSR count). The summed E-state index contributed by atoms with van der Waals surface area (Å²) >= 11 is 0. The molecule has 0 saturated carbocycles. The molecule has 0 aliphatic carbocycles. The van der Waals surface area contributed by atoms with Gasteiger partial charge in [-0.1, -0.05) is 0 Å². The average molecular weight is 580 g/mol. The quantitative estimate of drug-likeness (QED) is 0.148. The van der Waals surface area contributed by atoms with E-state index in [0.29, 0.717) is 0 Å². The molecule has 2 aliphatic rings. The van der Waals surface area contributed by atoms with Crippen LogP contribution in [0.4, 0.5) is 0 Å². The van der Waals surface area contributed by atoms with Crippen molar-refractivity contribution in [2.24, 2.45) is 0 Å². The van der Waals surface area contributed by atoms with Crippen LogP contribution in [0.15, 0.2) is 0 Å². The maximum Gasteiger partial charge on any atom is 0.305 e. The maximum atomic E-state index is 12.0. The smallest absolute Gasteiger partial charge is 0.305 e. The van der Waals surface area contributed by atoms with Crippen LogP contribution in [0.3, 0.4) is 0 Å². The third-order valence-corrected chi connectivity index (χ3v) is 5.53. The lowest BCUT2D eigenvalue weighted by Gasteiger charge is -2.47. The van der Waals surface area contributed by atoms with Crippen molar-refractivity contribution in [2.45, 2.75) is 96.0 Å². The van der Waals surface area contributed by atoms with Crippen molar-refractivity contribution >= 4 is 36.3 Å². The Kier molecular flexibility index (Phi) is 12.2. The van der Waals surface area contributed by atoms with E-state index in [1.807, 2.05) is 0 Å². The fourth-order valence-corrected chi connectivity index (χ4v) is 4.12. The number of esters is 5. The van der Waals surface area contributed by atoms with E-state index in [1.165, 1.54) is 0 Å². The van der Waals surface area contributed by atoms with E-state index in [-0.39, 0.29) is 6.47 Å². The van der Waals surface area contributed by atoms with Crippen molar-refractivity contribution in [3.05, 3.63) is 0 Å². The Morgan fingerprint density at radius 3 is 1.70 bits per heavy atom. The summed E-state index contributed by atoms with van der Waals surface area (Å²) in [5.74, 6) is -4.36. The normalized spacial score (nSPS) is 33.6. The molecule has 0 spiro atoms. The zero-order valence-corrected chi connectivity index (χ0v) is 22.3. The molecule has 0 aromatic carbocycles. The summed E-state index contributed by atoms with van der Waals surface area (Å²) in [5.41, 5.74) is 0. The Hall–Kier alpha value is -3.38. The van der Waals surface area contributed by atoms with E-state index in [2.05, 4.69) is 0 Å². The molecule has 2 N–H and O–H groups in total. The zero-order chi connectivity index (χ0) is 30.1. The number of carbonyl (C=O) groups excluding carboxylic acids is 6. The van der Waals surface area contributed by atoms with Crippen LogP contribution in [0.2, 0.25) is 0 Å². The predicted octanol–water partition coefficient (Wildman–Crippen LogP) is -2.36. The van der Waals surface area contributed by atoms with Crippen LogP contribution in [0.25, 0.3) is 0 Å². The highest BCUT2D eigenvalue weighted by Gasteiger charge is 2.56. The molecule has 2 aliphatic heterocycles. The van der Waals surface area contributed by atoms with E-state index >= 15 is 0 Å². The summed E-state index contributed by atoms with van der Waals surface area (Å²) in [4.78, 5) is 70.4. The SMILES string of the molecule is CC(=O)OC[C@H]1O[C@H](O[C@@H]2C(OC(C)=O)O[C@@H](CO)[C@@H](O)[C@@H]2OC(C)=O)[C@@H](OC(C)=O)[C@@H](OC(C)=O)[C@@H]1OC=O. The van der Waals surface area contributed by atoms with Crippen molar-refractivity contribution in [1.29, 1.82) is 0 Å². The minimum Gasteiger partial charge on any atom is -0.463 e. The van der Waals surface area contributed by atoms with Gasteiger partial charge in [-0.05, 0) is 0 Å². The molecule has 226 valence electrons. The van der Waals surface area contributed by atoms with Gasteiger partial charge in [-0.25, -0.2) is 0 Å². The van der Waals surface area contributed by atoms with Crippen molar-refractivity contribution in [2.75, 3.05) is 13.2 Å². The minimum absolute atomic E-state index is 0.00509. The summed E-state index contributed by atoms with van der Waals surface area (Å²) in [6.07, 6.45) is -16.1. The first kappa shape index (κ1) is 32.8. The Morgan fingerprint density at radius 2 is 1.20 bits per heavy atom. The predicted molar refractivity (Wildman–Crippen MR) is 121 cm³/mol. The molecule has 2 fully saturated rings. The first-order chi connectivity index (χ1) is 18.8. The molecule has 17 nitrogen and oxygen atoms in total. The summed E-state index contributed by atoms with van der Waals surface area (Å²) in [5, 5.41) is 20.4. The third-order valence-electron chi connectivity index (χ3n) is 5.53. The lowest BCUT2D eigenvalue weighted by molar-refractivity contribution is -0.363. The van der Waals surface area contributed by atoms with Gasteiger partial charge in [-0.2, -0.15) is 0 Å². The standard InChI is InChI=1S/C23H32O17/c1-9(26)32-7-15-17(33-8-25)19(35-11(3)28)21(36-12(4)29)23(39-15)40-20-18(34-10(2)27)16(31)14(6-24)38-22(20)37-13(5)30/h8,14-24,31H,6-7H2,1-5H3/t14-,15+,16+,17+,18-,19-,20-,21-,22?,23+/m0/s1. The van der Waals surface area contributed by atoms with Gasteiger partial charge in [0.05, 0.1) is 6.61 Å². The third kappa shape index (κ3) is 8.82. The number of carbonyl (C=O) groups is 6. The number of ether oxygens (including phenoxy) is 9. The van der Waals surface area contributed by atoms with Gasteiger partial charge in [-0.3, -0.25) is 28.8 Å². The van der Waals surface area contributed by atoms with E-state index < -0.39 is 104 Å². The van der Waals surface area contributed by atoms with Crippen LogP contribution >= 0.6 is 0 Å². The molecule has 10 atom stereocenters. The molecular weight excluding hydrogens is 548 g/mol. The van der Waals surface area contributed by atoms with Crippen LogP contribution in [-0.4, -0.2) is 121 Å². The van der Waals surface area contributed by atoms with Gasteiger partial charge in [0.2, 0.25) is 6.29 Å². The van der Waals surface area contributed by atoms with Gasteiger partial charge in [0, 0.05) is 34.6 Å². The molecule has 2 saturated heterocycles. The highest BCUT2D eigenvalue weighted by molar-refractivity contribution is 5.68. The molecule has 17 heteroatoms. The molecule has 0 bridgehead atoms. The van der Waals surface area contributed by atoms with Crippen LogP contribution in [0, 0.1) is 0 Å². The van der Waals surface area contributed by atoms with Crippen molar-refractivity contribution in [3.8, 4) is 0 Å². The van der Waals surface area contributed by atoms with Crippen LogP contribution in [-0.2, 0) is 71.4 Å². The summed E-state index contributed by atoms with van der Waals surface area (Å²) in [7, 11) is 0. The molecular formula is C23H32O17. The Morgan fingerprint density at radius 1 is 0.675 bits per heavy atom. The maximum absolute atomic E-state index is 12.0. The summed E-state index contributed by atoms with van der Waals surface area (Å²) < 4.78 is 48.0. The van der Waals surface area contributed by atoms with E-state index in [0.717, 1.165) is 34.6 Å². The fourth-order valence-electron chi connectivity index (χ4n) is 4.12. The highest BCUT2D eigenvalue weighted by atomic mass is 16.8. The second kappa shape index (κ2) is 14.8. The molecule has 0 aromatic heterocycles. The second-order valence-electron chi connectivity index (χ2n) is 8.69.